The fraction of sp³-hybridized carbons (Fsp3) is 0.133. The third kappa shape index (κ3) is 2.45. The van der Waals surface area contributed by atoms with Gasteiger partial charge in [-0.05, 0) is 24.6 Å². The van der Waals surface area contributed by atoms with Crippen LogP contribution < -0.4 is 0 Å². The summed E-state index contributed by atoms with van der Waals surface area (Å²) in [5.74, 6) is -0.775. The molecule has 0 amide bonds. The van der Waals surface area contributed by atoms with E-state index in [4.69, 9.17) is 11.6 Å². The molecule has 0 unspecified atom stereocenters. The first-order valence-electron chi connectivity index (χ1n) is 6.20. The van der Waals surface area contributed by atoms with Gasteiger partial charge in [-0.25, -0.2) is 13.8 Å². The number of benzene rings is 2. The van der Waals surface area contributed by atoms with Crippen LogP contribution in [0.15, 0.2) is 34.8 Å². The van der Waals surface area contributed by atoms with Crippen molar-refractivity contribution in [3.63, 3.8) is 0 Å². The van der Waals surface area contributed by atoms with Gasteiger partial charge in [-0.1, -0.05) is 22.0 Å². The minimum atomic E-state index is -0.693. The Balaban J connectivity index is 2.36. The van der Waals surface area contributed by atoms with Crippen molar-refractivity contribution in [3.8, 4) is 5.69 Å². The largest absolute Gasteiger partial charge is 0.295 e. The summed E-state index contributed by atoms with van der Waals surface area (Å²) in [4.78, 5) is 4.17. The molecule has 0 aliphatic heterocycles. The SMILES string of the molecule is Cc1ccc(-n2c(CCl)nc3c(F)cc(F)cc32)cc1Br. The lowest BCUT2D eigenvalue weighted by atomic mass is 10.2. The van der Waals surface area contributed by atoms with Crippen molar-refractivity contribution in [1.82, 2.24) is 9.55 Å². The van der Waals surface area contributed by atoms with E-state index in [-0.39, 0.29) is 11.4 Å². The van der Waals surface area contributed by atoms with Crippen molar-refractivity contribution in [2.45, 2.75) is 12.8 Å². The third-order valence-electron chi connectivity index (χ3n) is 3.28. The lowest BCUT2D eigenvalue weighted by Crippen LogP contribution is -2.00. The summed E-state index contributed by atoms with van der Waals surface area (Å²) in [6.07, 6.45) is 0. The maximum Gasteiger partial charge on any atom is 0.153 e. The van der Waals surface area contributed by atoms with Gasteiger partial charge in [0.15, 0.2) is 5.82 Å². The Morgan fingerprint density at radius 1 is 1.24 bits per heavy atom. The minimum Gasteiger partial charge on any atom is -0.295 e. The van der Waals surface area contributed by atoms with Crippen LogP contribution in [0.1, 0.15) is 11.4 Å². The van der Waals surface area contributed by atoms with Crippen molar-refractivity contribution in [1.29, 1.82) is 0 Å². The fourth-order valence-electron chi connectivity index (χ4n) is 2.25. The molecule has 0 saturated carbocycles. The van der Waals surface area contributed by atoms with Crippen LogP contribution in [0.25, 0.3) is 16.7 Å². The second kappa shape index (κ2) is 5.39. The molecule has 0 saturated heterocycles. The van der Waals surface area contributed by atoms with Crippen LogP contribution in [-0.2, 0) is 5.88 Å². The number of alkyl halides is 1. The summed E-state index contributed by atoms with van der Waals surface area (Å²) in [5.41, 5.74) is 2.28. The van der Waals surface area contributed by atoms with Gasteiger partial charge in [0, 0.05) is 22.3 Å². The van der Waals surface area contributed by atoms with E-state index in [2.05, 4.69) is 20.9 Å². The number of imidazole rings is 1. The zero-order valence-electron chi connectivity index (χ0n) is 11.0. The van der Waals surface area contributed by atoms with E-state index in [0.29, 0.717) is 11.3 Å². The van der Waals surface area contributed by atoms with Crippen molar-refractivity contribution in [3.05, 3.63) is 57.8 Å². The molecule has 0 atom stereocenters. The number of fused-ring (bicyclic) bond motifs is 1. The van der Waals surface area contributed by atoms with Crippen LogP contribution in [0.3, 0.4) is 0 Å². The molecule has 2 nitrogen and oxygen atoms in total. The molecule has 2 aromatic carbocycles. The molecule has 1 heterocycles. The Hall–Kier alpha value is -1.46. The number of aryl methyl sites for hydroxylation is 1. The van der Waals surface area contributed by atoms with E-state index in [1.165, 1.54) is 6.07 Å². The highest BCUT2D eigenvalue weighted by atomic mass is 79.9. The molecule has 3 aromatic rings. The van der Waals surface area contributed by atoms with Gasteiger partial charge in [0.25, 0.3) is 0 Å². The molecule has 0 N–H and O–H groups in total. The van der Waals surface area contributed by atoms with E-state index in [1.807, 2.05) is 25.1 Å². The lowest BCUT2D eigenvalue weighted by Gasteiger charge is -2.09. The molecule has 0 fully saturated rings. The molecular weight excluding hydrogens is 362 g/mol. The van der Waals surface area contributed by atoms with Crippen molar-refractivity contribution in [2.75, 3.05) is 0 Å². The first-order chi connectivity index (χ1) is 10.0. The van der Waals surface area contributed by atoms with Gasteiger partial charge in [-0.3, -0.25) is 4.57 Å². The van der Waals surface area contributed by atoms with Crippen LogP contribution >= 0.6 is 27.5 Å². The molecule has 0 aliphatic rings. The summed E-state index contributed by atoms with van der Waals surface area (Å²) in [6.45, 7) is 1.96. The molecule has 0 spiro atoms. The van der Waals surface area contributed by atoms with Crippen molar-refractivity contribution < 1.29 is 8.78 Å². The smallest absolute Gasteiger partial charge is 0.153 e. The standard InChI is InChI=1S/C15H10BrClF2N2/c1-8-2-3-10(6-11(8)16)21-13-5-9(18)4-12(19)15(13)20-14(21)7-17/h2-6H,7H2,1H3. The maximum atomic E-state index is 13.9. The van der Waals surface area contributed by atoms with E-state index in [9.17, 15) is 8.78 Å². The number of hydrogen-bond donors (Lipinski definition) is 0. The van der Waals surface area contributed by atoms with Gasteiger partial charge < -0.3 is 0 Å². The molecule has 0 bridgehead atoms. The van der Waals surface area contributed by atoms with Gasteiger partial charge in [-0.15, -0.1) is 11.6 Å². The Morgan fingerprint density at radius 3 is 2.67 bits per heavy atom. The van der Waals surface area contributed by atoms with Crippen LogP contribution in [0.2, 0.25) is 0 Å². The summed E-state index contributed by atoms with van der Waals surface area (Å²) >= 11 is 9.36. The second-order valence-corrected chi connectivity index (χ2v) is 5.81. The molecule has 0 aliphatic carbocycles. The third-order valence-corrected chi connectivity index (χ3v) is 4.37. The topological polar surface area (TPSA) is 17.8 Å². The molecule has 0 radical (unpaired) electrons. The zero-order chi connectivity index (χ0) is 15.1. The highest BCUT2D eigenvalue weighted by Gasteiger charge is 2.16. The van der Waals surface area contributed by atoms with E-state index < -0.39 is 11.6 Å². The number of hydrogen-bond acceptors (Lipinski definition) is 1. The number of halogens is 4. The normalized spacial score (nSPS) is 11.3. The summed E-state index contributed by atoms with van der Waals surface area (Å²) in [6, 6.07) is 7.73. The van der Waals surface area contributed by atoms with Gasteiger partial charge in [0.1, 0.15) is 17.2 Å². The average Bonchev–Trinajstić information content (AvgIpc) is 2.80. The quantitative estimate of drug-likeness (QED) is 0.572. The van der Waals surface area contributed by atoms with Crippen LogP contribution in [0.4, 0.5) is 8.78 Å². The molecule has 21 heavy (non-hydrogen) atoms. The van der Waals surface area contributed by atoms with Gasteiger partial charge in [0.2, 0.25) is 0 Å². The Labute approximate surface area is 133 Å². The molecule has 108 valence electrons. The Bertz CT molecular complexity index is 845. The van der Waals surface area contributed by atoms with Crippen LogP contribution in [0.5, 0.6) is 0 Å². The van der Waals surface area contributed by atoms with Crippen LogP contribution in [-0.4, -0.2) is 9.55 Å². The summed E-state index contributed by atoms with van der Waals surface area (Å²) in [7, 11) is 0. The zero-order valence-corrected chi connectivity index (χ0v) is 13.3. The van der Waals surface area contributed by atoms with Crippen LogP contribution in [0, 0.1) is 18.6 Å². The summed E-state index contributed by atoms with van der Waals surface area (Å²) < 4.78 is 30.0. The highest BCUT2D eigenvalue weighted by molar-refractivity contribution is 9.10. The fourth-order valence-corrected chi connectivity index (χ4v) is 2.80. The second-order valence-electron chi connectivity index (χ2n) is 4.69. The highest BCUT2D eigenvalue weighted by Crippen LogP contribution is 2.28. The molecule has 6 heteroatoms. The maximum absolute atomic E-state index is 13.9. The molecule has 3 rings (SSSR count). The molecule has 1 aromatic heterocycles. The Kier molecular flexibility index (Phi) is 3.71. The van der Waals surface area contributed by atoms with E-state index in [0.717, 1.165) is 21.8 Å². The van der Waals surface area contributed by atoms with E-state index >= 15 is 0 Å². The van der Waals surface area contributed by atoms with Gasteiger partial charge in [-0.2, -0.15) is 0 Å². The minimum absolute atomic E-state index is 0.0984. The predicted octanol–water partition coefficient (Wildman–Crippen LogP) is 5.11. The predicted molar refractivity (Wildman–Crippen MR) is 83.0 cm³/mol. The number of rotatable bonds is 2. The van der Waals surface area contributed by atoms with Gasteiger partial charge >= 0.3 is 0 Å². The van der Waals surface area contributed by atoms with Gasteiger partial charge in [0.05, 0.1) is 11.4 Å². The van der Waals surface area contributed by atoms with E-state index in [1.54, 1.807) is 4.57 Å². The number of aromatic nitrogens is 2. The Morgan fingerprint density at radius 2 is 2.00 bits per heavy atom. The first-order valence-corrected chi connectivity index (χ1v) is 7.53. The van der Waals surface area contributed by atoms with Crippen molar-refractivity contribution >= 4 is 38.6 Å². The summed E-state index contributed by atoms with van der Waals surface area (Å²) in [5, 5.41) is 0. The average molecular weight is 372 g/mol. The monoisotopic (exact) mass is 370 g/mol. The first kappa shape index (κ1) is 14.5. The molecular formula is C15H10BrClF2N2. The lowest BCUT2D eigenvalue weighted by molar-refractivity contribution is 0.590. The number of nitrogens with zero attached hydrogens (tertiary/aromatic N) is 2. The van der Waals surface area contributed by atoms with Crippen molar-refractivity contribution in [2.24, 2.45) is 0 Å².